The van der Waals surface area contributed by atoms with Gasteiger partial charge in [0, 0.05) is 29.8 Å². The lowest BCUT2D eigenvalue weighted by Crippen LogP contribution is -2.41. The highest BCUT2D eigenvalue weighted by Gasteiger charge is 2.20. The average molecular weight is 381 g/mol. The van der Waals surface area contributed by atoms with Gasteiger partial charge in [-0.2, -0.15) is 0 Å². The minimum Gasteiger partial charge on any atom is -0.454 e. The molecular weight excluding hydrogens is 362 g/mol. The number of nitrogens with one attached hydrogen (secondary N) is 2. The number of hydrogen-bond acceptors (Lipinski definition) is 5. The highest BCUT2D eigenvalue weighted by atomic mass is 16.7. The van der Waals surface area contributed by atoms with E-state index in [9.17, 15) is 14.4 Å². The Morgan fingerprint density at radius 3 is 2.29 bits per heavy atom. The molecule has 8 heteroatoms. The molecule has 0 unspecified atom stereocenters. The van der Waals surface area contributed by atoms with Crippen molar-refractivity contribution in [3.8, 4) is 11.5 Å². The van der Waals surface area contributed by atoms with Crippen molar-refractivity contribution in [1.29, 1.82) is 0 Å². The molecule has 0 saturated carbocycles. The maximum absolute atomic E-state index is 12.3. The number of ether oxygens (including phenoxy) is 2. The maximum Gasteiger partial charge on any atom is 0.269 e. The Labute approximate surface area is 161 Å². The van der Waals surface area contributed by atoms with E-state index in [-0.39, 0.29) is 12.7 Å². The van der Waals surface area contributed by atoms with E-state index in [1.54, 1.807) is 47.4 Å². The second-order valence-electron chi connectivity index (χ2n) is 6.53. The van der Waals surface area contributed by atoms with Gasteiger partial charge >= 0.3 is 0 Å². The van der Waals surface area contributed by atoms with Crippen LogP contribution in [-0.2, 0) is 4.79 Å². The molecule has 1 saturated heterocycles. The van der Waals surface area contributed by atoms with Gasteiger partial charge in [-0.25, -0.2) is 0 Å². The molecule has 2 aromatic rings. The first-order chi connectivity index (χ1) is 13.6. The molecule has 28 heavy (non-hydrogen) atoms. The van der Waals surface area contributed by atoms with E-state index in [2.05, 4.69) is 10.9 Å². The lowest BCUT2D eigenvalue weighted by Gasteiger charge is -2.26. The van der Waals surface area contributed by atoms with Gasteiger partial charge in [0.1, 0.15) is 0 Å². The minimum absolute atomic E-state index is 0.0967. The van der Waals surface area contributed by atoms with Gasteiger partial charge in [-0.15, -0.1) is 0 Å². The Bertz CT molecular complexity index is 926. The molecule has 0 aliphatic carbocycles. The quantitative estimate of drug-likeness (QED) is 0.793. The van der Waals surface area contributed by atoms with Crippen molar-refractivity contribution in [2.75, 3.05) is 18.2 Å². The van der Waals surface area contributed by atoms with Crippen LogP contribution in [0.15, 0.2) is 42.5 Å². The summed E-state index contributed by atoms with van der Waals surface area (Å²) in [5.74, 6) is 0.238. The van der Waals surface area contributed by atoms with Crippen LogP contribution in [0.2, 0.25) is 0 Å². The summed E-state index contributed by atoms with van der Waals surface area (Å²) in [6, 6.07) is 11.5. The summed E-state index contributed by atoms with van der Waals surface area (Å²) in [5.41, 5.74) is 6.24. The van der Waals surface area contributed by atoms with E-state index in [4.69, 9.17) is 9.47 Å². The number of anilines is 1. The van der Waals surface area contributed by atoms with Crippen LogP contribution in [0.1, 0.15) is 40.0 Å². The number of hydrazine groups is 1. The molecule has 2 aromatic carbocycles. The van der Waals surface area contributed by atoms with Gasteiger partial charge in [0.2, 0.25) is 12.7 Å². The largest absolute Gasteiger partial charge is 0.454 e. The molecule has 2 heterocycles. The predicted octanol–water partition coefficient (Wildman–Crippen LogP) is 2.01. The number of carbonyl (C=O) groups is 3. The predicted molar refractivity (Wildman–Crippen MR) is 100 cm³/mol. The monoisotopic (exact) mass is 381 g/mol. The second-order valence-corrected chi connectivity index (χ2v) is 6.53. The fourth-order valence-electron chi connectivity index (χ4n) is 3.17. The van der Waals surface area contributed by atoms with Crippen molar-refractivity contribution in [1.82, 2.24) is 10.9 Å². The smallest absolute Gasteiger partial charge is 0.269 e. The number of piperidine rings is 1. The Balaban J connectivity index is 1.36. The summed E-state index contributed by atoms with van der Waals surface area (Å²) in [7, 11) is 0. The van der Waals surface area contributed by atoms with Crippen molar-refractivity contribution in [3.63, 3.8) is 0 Å². The molecule has 144 valence electrons. The third-order valence-electron chi connectivity index (χ3n) is 4.69. The van der Waals surface area contributed by atoms with Crippen LogP contribution in [0.25, 0.3) is 0 Å². The Morgan fingerprint density at radius 1 is 0.857 bits per heavy atom. The van der Waals surface area contributed by atoms with Crippen LogP contribution in [0, 0.1) is 0 Å². The van der Waals surface area contributed by atoms with E-state index in [1.807, 2.05) is 0 Å². The molecule has 3 amide bonds. The molecule has 0 bridgehead atoms. The van der Waals surface area contributed by atoms with Crippen LogP contribution < -0.4 is 25.2 Å². The summed E-state index contributed by atoms with van der Waals surface area (Å²) >= 11 is 0. The zero-order chi connectivity index (χ0) is 19.5. The topological polar surface area (TPSA) is 97.0 Å². The standard InChI is InChI=1S/C20H19N3O5/c24-18-3-1-2-10-23(18)15-7-4-13(5-8-15)19(25)21-22-20(26)14-6-9-16-17(11-14)28-12-27-16/h4-9,11H,1-3,10,12H2,(H,21,25)(H,22,26). The van der Waals surface area contributed by atoms with Crippen molar-refractivity contribution < 1.29 is 23.9 Å². The van der Waals surface area contributed by atoms with E-state index < -0.39 is 11.8 Å². The van der Waals surface area contributed by atoms with Crippen LogP contribution in [0.4, 0.5) is 5.69 Å². The maximum atomic E-state index is 12.3. The van der Waals surface area contributed by atoms with Gasteiger partial charge in [-0.05, 0) is 55.3 Å². The van der Waals surface area contributed by atoms with E-state index in [0.717, 1.165) is 18.5 Å². The van der Waals surface area contributed by atoms with Gasteiger partial charge in [0.05, 0.1) is 0 Å². The summed E-state index contributed by atoms with van der Waals surface area (Å²) in [5, 5.41) is 0. The first-order valence-electron chi connectivity index (χ1n) is 9.02. The van der Waals surface area contributed by atoms with Gasteiger partial charge in [-0.1, -0.05) is 0 Å². The fraction of sp³-hybridized carbons (Fsp3) is 0.250. The molecule has 4 rings (SSSR count). The van der Waals surface area contributed by atoms with Crippen molar-refractivity contribution in [2.45, 2.75) is 19.3 Å². The molecule has 2 aliphatic heterocycles. The molecule has 0 atom stereocenters. The minimum atomic E-state index is -0.470. The average Bonchev–Trinajstić information content (AvgIpc) is 3.20. The molecule has 0 spiro atoms. The third kappa shape index (κ3) is 3.62. The van der Waals surface area contributed by atoms with Gasteiger partial charge < -0.3 is 14.4 Å². The fourth-order valence-corrected chi connectivity index (χ4v) is 3.17. The molecule has 0 radical (unpaired) electrons. The molecule has 2 aliphatic rings. The van der Waals surface area contributed by atoms with E-state index >= 15 is 0 Å². The molecule has 2 N–H and O–H groups in total. The van der Waals surface area contributed by atoms with Crippen LogP contribution >= 0.6 is 0 Å². The van der Waals surface area contributed by atoms with E-state index in [0.29, 0.717) is 35.6 Å². The number of benzene rings is 2. The highest BCUT2D eigenvalue weighted by Crippen LogP contribution is 2.32. The van der Waals surface area contributed by atoms with Gasteiger partial charge in [-0.3, -0.25) is 25.2 Å². The molecule has 8 nitrogen and oxygen atoms in total. The number of fused-ring (bicyclic) bond motifs is 1. The van der Waals surface area contributed by atoms with Crippen LogP contribution in [0.5, 0.6) is 11.5 Å². The number of nitrogens with zero attached hydrogens (tertiary/aromatic N) is 1. The summed E-state index contributed by atoms with van der Waals surface area (Å²) in [6.07, 6.45) is 2.44. The molecule has 1 fully saturated rings. The Morgan fingerprint density at radius 2 is 1.54 bits per heavy atom. The molecule has 0 aromatic heterocycles. The highest BCUT2D eigenvalue weighted by molar-refractivity contribution is 6.00. The van der Waals surface area contributed by atoms with Gasteiger partial charge in [0.25, 0.3) is 11.8 Å². The lowest BCUT2D eigenvalue weighted by atomic mass is 10.1. The SMILES string of the molecule is O=C(NNC(=O)c1ccc2c(c1)OCO2)c1ccc(N2CCCCC2=O)cc1. The first-order valence-corrected chi connectivity index (χ1v) is 9.02. The van der Waals surface area contributed by atoms with E-state index in [1.165, 1.54) is 0 Å². The van der Waals surface area contributed by atoms with Crippen LogP contribution in [0.3, 0.4) is 0 Å². The normalized spacial score (nSPS) is 15.3. The number of rotatable bonds is 3. The van der Waals surface area contributed by atoms with Crippen LogP contribution in [-0.4, -0.2) is 31.1 Å². The number of amides is 3. The van der Waals surface area contributed by atoms with Crippen molar-refractivity contribution in [3.05, 3.63) is 53.6 Å². The summed E-state index contributed by atoms with van der Waals surface area (Å²) in [4.78, 5) is 38.2. The molecular formula is C20H19N3O5. The van der Waals surface area contributed by atoms with Crippen molar-refractivity contribution >= 4 is 23.4 Å². The second kappa shape index (κ2) is 7.59. The zero-order valence-corrected chi connectivity index (χ0v) is 15.1. The van der Waals surface area contributed by atoms with Crippen molar-refractivity contribution in [2.24, 2.45) is 0 Å². The van der Waals surface area contributed by atoms with Gasteiger partial charge in [0.15, 0.2) is 11.5 Å². The number of hydrogen-bond donors (Lipinski definition) is 2. The summed E-state index contributed by atoms with van der Waals surface area (Å²) < 4.78 is 10.4. The Hall–Kier alpha value is -3.55. The first kappa shape index (κ1) is 17.8. The lowest BCUT2D eigenvalue weighted by molar-refractivity contribution is -0.119. The third-order valence-corrected chi connectivity index (χ3v) is 4.69. The zero-order valence-electron chi connectivity index (χ0n) is 15.1. The summed E-state index contributed by atoms with van der Waals surface area (Å²) in [6.45, 7) is 0.812. The number of carbonyl (C=O) groups excluding carboxylic acids is 3. The Kier molecular flexibility index (Phi) is 4.84.